The van der Waals surface area contributed by atoms with E-state index in [1.807, 2.05) is 111 Å². The van der Waals surface area contributed by atoms with E-state index in [0.29, 0.717) is 99.3 Å². The zero-order chi connectivity index (χ0) is 78.2. The first-order valence-corrected chi connectivity index (χ1v) is 38.0. The average molecular weight is 1510 g/mol. The van der Waals surface area contributed by atoms with Crippen molar-refractivity contribution in [3.8, 4) is 34.2 Å². The number of aryl methyl sites for hydroxylation is 3. The summed E-state index contributed by atoms with van der Waals surface area (Å²) >= 11 is 0. The van der Waals surface area contributed by atoms with Gasteiger partial charge in [-0.05, 0) is 138 Å². The first-order valence-electron chi connectivity index (χ1n) is 38.0. The van der Waals surface area contributed by atoms with Crippen molar-refractivity contribution in [1.29, 1.82) is 0 Å². The number of rotatable bonds is 19. The van der Waals surface area contributed by atoms with Crippen LogP contribution in [-0.4, -0.2) is 106 Å². The van der Waals surface area contributed by atoms with Crippen molar-refractivity contribution in [3.63, 3.8) is 0 Å². The van der Waals surface area contributed by atoms with Crippen LogP contribution < -0.4 is 41.6 Å². The topological polar surface area (TPSA) is 207 Å². The molecule has 1 aromatic heterocycles. The smallest absolute Gasteiger partial charge is 0.257 e. The van der Waals surface area contributed by atoms with E-state index in [4.69, 9.17) is 15.0 Å². The van der Waals surface area contributed by atoms with Crippen molar-refractivity contribution in [2.24, 2.45) is 4.99 Å². The number of benzene rings is 12. The summed E-state index contributed by atoms with van der Waals surface area (Å²) in [6.07, 6.45) is 2.93. The maximum atomic E-state index is 13.7. The summed E-state index contributed by atoms with van der Waals surface area (Å²) in [6, 6.07) is 65.5. The van der Waals surface area contributed by atoms with Gasteiger partial charge >= 0.3 is 0 Å². The van der Waals surface area contributed by atoms with E-state index in [2.05, 4.69) is 178 Å². The van der Waals surface area contributed by atoms with Crippen LogP contribution in [0, 0.1) is 6.92 Å². The van der Waals surface area contributed by atoms with E-state index in [1.54, 1.807) is 30.3 Å². The number of para-hydroxylation sites is 2. The van der Waals surface area contributed by atoms with E-state index in [-0.39, 0.29) is 48.3 Å². The Labute approximate surface area is 658 Å². The van der Waals surface area contributed by atoms with Gasteiger partial charge in [0.25, 0.3) is 5.91 Å². The van der Waals surface area contributed by atoms with Crippen LogP contribution in [-0.2, 0) is 31.0 Å². The number of carbonyl (C=O) groups is 3. The van der Waals surface area contributed by atoms with Crippen LogP contribution in [0.3, 0.4) is 0 Å². The molecule has 3 aliphatic carbocycles. The molecule has 2 amide bonds. The van der Waals surface area contributed by atoms with E-state index in [9.17, 15) is 28.8 Å². The number of carbonyl (C=O) groups excluding carboxylic acids is 3. The van der Waals surface area contributed by atoms with Gasteiger partial charge in [0, 0.05) is 163 Å². The summed E-state index contributed by atoms with van der Waals surface area (Å²) in [5.74, 6) is -0.241. The van der Waals surface area contributed by atoms with Gasteiger partial charge in [-0.3, -0.25) is 33.8 Å². The van der Waals surface area contributed by atoms with Crippen LogP contribution in [0.5, 0.6) is 0 Å². The molecule has 3 aliphatic heterocycles. The number of aldehydes is 1. The highest BCUT2D eigenvalue weighted by Crippen LogP contribution is 2.42. The molecule has 16 rings (SSSR count). The van der Waals surface area contributed by atoms with Crippen LogP contribution in [0.15, 0.2) is 213 Å². The molecule has 10 aromatic rings. The molecule has 4 heterocycles. The Balaban J connectivity index is 0.000000168. The summed E-state index contributed by atoms with van der Waals surface area (Å²) in [7, 11) is 9.62. The molecular weight excluding hydrogens is 1410 g/mol. The SMILES string of the molecule is C.C.C=NCCN(C)c1ccc2nc3c4c(C=O)cccc4c(=O)c(C)c-3n(CC)c2c1.CCC(CC(C)n1c2ccccc2c2ccccc21)c1ccc(CN(C)c2ccc3nc4c5ccccc5c(=O)c(NC(C)=O)c-4n(CC)c3c2)cc1.CCn1c2c(C(=O)NC)c(=O)c3ccccc3c-2nc2ccc(N(C)C)cc21. The molecular formula is C94H99N13O6. The van der Waals surface area contributed by atoms with Crippen molar-refractivity contribution >= 4 is 135 Å². The first kappa shape index (κ1) is 79.6. The van der Waals surface area contributed by atoms with Gasteiger partial charge < -0.3 is 43.6 Å². The van der Waals surface area contributed by atoms with Gasteiger partial charge in [0.15, 0.2) is 11.7 Å². The van der Waals surface area contributed by atoms with Crippen LogP contribution in [0.25, 0.3) is 121 Å². The minimum Gasteiger partial charge on any atom is -0.378 e. The third kappa shape index (κ3) is 14.5. The third-order valence-electron chi connectivity index (χ3n) is 21.9. The zero-order valence-corrected chi connectivity index (χ0v) is 64.9. The molecule has 2 N–H and O–H groups in total. The second-order valence-corrected chi connectivity index (χ2v) is 28.7. The van der Waals surface area contributed by atoms with Gasteiger partial charge in [-0.1, -0.05) is 149 Å². The summed E-state index contributed by atoms with van der Waals surface area (Å²) in [6.45, 7) is 21.6. The molecule has 0 saturated heterocycles. The van der Waals surface area contributed by atoms with Crippen molar-refractivity contribution in [2.75, 3.05) is 68.3 Å². The number of hydrogen-bond acceptors (Lipinski definition) is 13. The van der Waals surface area contributed by atoms with Crippen LogP contribution >= 0.6 is 0 Å². The van der Waals surface area contributed by atoms with Crippen LogP contribution in [0.2, 0.25) is 0 Å². The maximum Gasteiger partial charge on any atom is 0.257 e. The largest absolute Gasteiger partial charge is 0.378 e. The lowest BCUT2D eigenvalue weighted by Gasteiger charge is -2.25. The number of nitrogens with zero attached hydrogens (tertiary/aromatic N) is 11. The Hall–Kier alpha value is -12.9. The molecule has 6 aliphatic rings. The highest BCUT2D eigenvalue weighted by molar-refractivity contribution is 6.12. The molecule has 0 bridgehead atoms. The number of fused-ring (bicyclic) bond motifs is 15. The normalized spacial score (nSPS) is 11.9. The quantitative estimate of drug-likeness (QED) is 0.0336. The molecule has 19 nitrogen and oxygen atoms in total. The molecule has 9 aromatic carbocycles. The molecule has 0 radical (unpaired) electrons. The minimum atomic E-state index is -0.395. The molecule has 113 heavy (non-hydrogen) atoms. The van der Waals surface area contributed by atoms with Crippen LogP contribution in [0.4, 0.5) is 22.7 Å². The van der Waals surface area contributed by atoms with Gasteiger partial charge in [-0.2, -0.15) is 0 Å². The predicted molar refractivity (Wildman–Crippen MR) is 471 cm³/mol. The minimum absolute atomic E-state index is 0. The fraction of sp³-hybridized carbons (Fsp3) is 0.255. The van der Waals surface area contributed by atoms with Gasteiger partial charge in [0.1, 0.15) is 11.3 Å². The highest BCUT2D eigenvalue weighted by Gasteiger charge is 2.30. The van der Waals surface area contributed by atoms with Crippen LogP contribution in [0.1, 0.15) is 119 Å². The summed E-state index contributed by atoms with van der Waals surface area (Å²) in [4.78, 5) is 102. The standard InChI is InChI=1S/C46H45N5O2.C24H24N4O2.C22H22N4O2.2CH4/c1-6-32(26-29(3)51-40-18-12-10-14-35(40)36-15-11-13-19-41(36)51)33-22-20-31(21-23-33)28-49(5)34-24-25-39-42(27-34)50(7-2)45-43(48-39)37-16-8-9-17-38(37)46(53)44(45)47-30(4)52;1-5-28-20-13-17(27(4)12-11-25-3)9-10-19(20)26-22-21-16(14-29)7-6-8-18(21)24(30)15(2)23(22)28;1-5-26-17-12-13(25(3)4)10-11-16(17)24-19-14-8-6-7-9-15(14)21(27)18(20(19)26)22(28)23-2;;/h8-25,27,29,32H,6-7,26,28H2,1-5H3,(H,47,52);6-10,13-14H,3,5,11-12H2,1-2,4H3;6-12H,5H2,1-4H3,(H,23,28);2*1H4. The Bertz CT molecular complexity index is 6380. The molecule has 2 atom stereocenters. The third-order valence-corrected chi connectivity index (χ3v) is 21.9. The summed E-state index contributed by atoms with van der Waals surface area (Å²) in [5, 5.41) is 11.8. The summed E-state index contributed by atoms with van der Waals surface area (Å²) < 4.78 is 8.78. The maximum absolute atomic E-state index is 13.7. The van der Waals surface area contributed by atoms with Crippen molar-refractivity contribution in [3.05, 3.63) is 253 Å². The number of aliphatic imine (C=N–C) groups is 1. The number of anilines is 4. The number of amides is 2. The number of nitrogens with one attached hydrogen (secondary N) is 2. The lowest BCUT2D eigenvalue weighted by atomic mass is 9.89. The lowest BCUT2D eigenvalue weighted by molar-refractivity contribution is -0.114. The Morgan fingerprint density at radius 2 is 1.02 bits per heavy atom. The number of likely N-dealkylation sites (N-methyl/N-ethyl adjacent to an activating group) is 1. The van der Waals surface area contributed by atoms with Gasteiger partial charge in [-0.15, -0.1) is 0 Å². The number of aromatic nitrogens is 7. The Morgan fingerprint density at radius 1 is 0.540 bits per heavy atom. The highest BCUT2D eigenvalue weighted by atomic mass is 16.2. The van der Waals surface area contributed by atoms with Crippen molar-refractivity contribution < 1.29 is 14.4 Å². The Kier molecular flexibility index (Phi) is 23.5. The summed E-state index contributed by atoms with van der Waals surface area (Å²) in [5.41, 5.74) is 18.6. The second kappa shape index (κ2) is 33.4. The Morgan fingerprint density at radius 3 is 1.54 bits per heavy atom. The molecule has 0 fully saturated rings. The number of hydrogen-bond donors (Lipinski definition) is 2. The first-order chi connectivity index (χ1) is 53.7. The molecule has 0 saturated carbocycles. The van der Waals surface area contributed by atoms with E-state index in [1.165, 1.54) is 46.9 Å². The fourth-order valence-corrected chi connectivity index (χ4v) is 16.3. The molecule has 19 heteroatoms. The molecule has 576 valence electrons. The fourth-order valence-electron chi connectivity index (χ4n) is 16.3. The van der Waals surface area contributed by atoms with E-state index in [0.717, 1.165) is 98.8 Å². The average Bonchev–Trinajstić information content (AvgIpc) is 1.15. The van der Waals surface area contributed by atoms with Gasteiger partial charge in [-0.25, -0.2) is 15.0 Å². The predicted octanol–water partition coefficient (Wildman–Crippen LogP) is 18.8. The molecule has 0 spiro atoms. The second-order valence-electron chi connectivity index (χ2n) is 28.7. The molecule has 2 unspecified atom stereocenters. The lowest BCUT2D eigenvalue weighted by Crippen LogP contribution is -2.29. The zero-order valence-electron chi connectivity index (χ0n) is 64.9. The van der Waals surface area contributed by atoms with Crippen molar-refractivity contribution in [2.45, 2.75) is 114 Å². The van der Waals surface area contributed by atoms with E-state index >= 15 is 0 Å². The van der Waals surface area contributed by atoms with Gasteiger partial charge in [0.05, 0.1) is 73.8 Å². The van der Waals surface area contributed by atoms with E-state index < -0.39 is 5.91 Å². The van der Waals surface area contributed by atoms with Crippen molar-refractivity contribution in [1.82, 2.24) is 38.5 Å². The van der Waals surface area contributed by atoms with Gasteiger partial charge in [0.2, 0.25) is 16.8 Å². The monoisotopic (exact) mass is 1510 g/mol.